The number of aryl methyl sites for hydroxylation is 1. The molecule has 4 rings (SSSR count). The topological polar surface area (TPSA) is 134 Å². The molecular weight excluding hydrogens is 434 g/mol. The first kappa shape index (κ1) is 22.4. The Morgan fingerprint density at radius 3 is 2.50 bits per heavy atom. The monoisotopic (exact) mass is 460 g/mol. The highest BCUT2D eigenvalue weighted by Crippen LogP contribution is 2.26. The van der Waals surface area contributed by atoms with Crippen LogP contribution in [0.4, 0.5) is 5.95 Å². The number of hydrogen-bond donors (Lipinski definition) is 2. The molecular formula is C21H26N5O5S-. The summed E-state index contributed by atoms with van der Waals surface area (Å²) in [6, 6.07) is 6.29. The first-order valence-corrected chi connectivity index (χ1v) is 11.8. The zero-order chi connectivity index (χ0) is 23.0. The number of benzene rings is 1. The molecule has 0 aliphatic heterocycles. The van der Waals surface area contributed by atoms with E-state index < -0.39 is 28.4 Å². The lowest BCUT2D eigenvalue weighted by molar-refractivity contribution is 0.171. The number of aromatic nitrogens is 4. The second-order valence-corrected chi connectivity index (χ2v) is 8.77. The van der Waals surface area contributed by atoms with E-state index in [1.54, 1.807) is 36.6 Å². The number of aliphatic hydroxyl groups is 1. The predicted octanol–water partition coefficient (Wildman–Crippen LogP) is 1.01. The molecule has 0 radical (unpaired) electrons. The summed E-state index contributed by atoms with van der Waals surface area (Å²) in [5.41, 5.74) is 0.0284. The van der Waals surface area contributed by atoms with Crippen LogP contribution in [0.2, 0.25) is 0 Å². The summed E-state index contributed by atoms with van der Waals surface area (Å²) >= 11 is -2.46. The molecule has 0 bridgehead atoms. The van der Waals surface area contributed by atoms with E-state index in [-0.39, 0.29) is 35.2 Å². The number of hydrogen-bond acceptors (Lipinski definition) is 7. The van der Waals surface area contributed by atoms with Crippen molar-refractivity contribution in [2.75, 3.05) is 5.32 Å². The second kappa shape index (κ2) is 9.00. The van der Waals surface area contributed by atoms with Crippen molar-refractivity contribution in [3.63, 3.8) is 0 Å². The smallest absolute Gasteiger partial charge is 0.332 e. The summed E-state index contributed by atoms with van der Waals surface area (Å²) in [5, 5.41) is 13.5. The summed E-state index contributed by atoms with van der Waals surface area (Å²) in [6.45, 7) is 4.10. The van der Waals surface area contributed by atoms with Crippen LogP contribution in [0.5, 0.6) is 0 Å². The van der Waals surface area contributed by atoms with Gasteiger partial charge in [-0.1, -0.05) is 18.2 Å². The molecule has 172 valence electrons. The minimum absolute atomic E-state index is 0.0622. The largest absolute Gasteiger partial charge is 0.768 e. The first-order valence-electron chi connectivity index (χ1n) is 10.7. The molecule has 11 heteroatoms. The van der Waals surface area contributed by atoms with Gasteiger partial charge in [-0.3, -0.25) is 22.7 Å². The lowest BCUT2D eigenvalue weighted by Crippen LogP contribution is -2.40. The third-order valence-electron chi connectivity index (χ3n) is 6.02. The molecule has 1 aromatic carbocycles. The van der Waals surface area contributed by atoms with Gasteiger partial charge in [0, 0.05) is 18.0 Å². The number of rotatable bonds is 7. The van der Waals surface area contributed by atoms with Crippen molar-refractivity contribution in [3.8, 4) is 0 Å². The van der Waals surface area contributed by atoms with Crippen molar-refractivity contribution in [2.45, 2.75) is 69.8 Å². The zero-order valence-corrected chi connectivity index (χ0v) is 18.8. The van der Waals surface area contributed by atoms with Crippen molar-refractivity contribution in [1.29, 1.82) is 0 Å². The Bertz CT molecular complexity index is 1290. The van der Waals surface area contributed by atoms with Crippen LogP contribution < -0.4 is 16.6 Å². The maximum atomic E-state index is 13.3. The SMILES string of the molecule is CCn1c(=O)c2c(nc(N[C@@H]3CCC[C@H]3O)n2Cc2ccccc2S(=O)[O-])n(CC)c1=O. The number of fused-ring (bicyclic) bond motifs is 1. The average molecular weight is 461 g/mol. The van der Waals surface area contributed by atoms with E-state index in [4.69, 9.17) is 0 Å². The molecule has 0 saturated heterocycles. The van der Waals surface area contributed by atoms with Crippen molar-refractivity contribution in [2.24, 2.45) is 0 Å². The highest BCUT2D eigenvalue weighted by atomic mass is 32.2. The Morgan fingerprint density at radius 2 is 1.88 bits per heavy atom. The van der Waals surface area contributed by atoms with Crippen LogP contribution in [-0.4, -0.2) is 44.7 Å². The molecule has 1 fully saturated rings. The highest BCUT2D eigenvalue weighted by Gasteiger charge is 2.28. The fourth-order valence-electron chi connectivity index (χ4n) is 4.36. The molecule has 32 heavy (non-hydrogen) atoms. The predicted molar refractivity (Wildman–Crippen MR) is 120 cm³/mol. The van der Waals surface area contributed by atoms with Crippen molar-refractivity contribution in [1.82, 2.24) is 18.7 Å². The van der Waals surface area contributed by atoms with Crippen molar-refractivity contribution < 1.29 is 13.9 Å². The Morgan fingerprint density at radius 1 is 1.16 bits per heavy atom. The van der Waals surface area contributed by atoms with Gasteiger partial charge in [-0.15, -0.1) is 0 Å². The summed E-state index contributed by atoms with van der Waals surface area (Å²) in [5.74, 6) is 0.324. The van der Waals surface area contributed by atoms with Gasteiger partial charge in [-0.2, -0.15) is 4.98 Å². The van der Waals surface area contributed by atoms with E-state index >= 15 is 0 Å². The van der Waals surface area contributed by atoms with E-state index in [1.807, 2.05) is 0 Å². The molecule has 1 saturated carbocycles. The van der Waals surface area contributed by atoms with Crippen LogP contribution in [0.25, 0.3) is 11.2 Å². The van der Waals surface area contributed by atoms with Gasteiger partial charge in [-0.05, 0) is 55.8 Å². The van der Waals surface area contributed by atoms with Crippen LogP contribution in [0.15, 0.2) is 38.8 Å². The molecule has 0 spiro atoms. The Labute approximate surface area is 186 Å². The fourth-order valence-corrected chi connectivity index (χ4v) is 4.90. The number of aliphatic hydroxyl groups excluding tert-OH is 1. The standard InChI is InChI=1S/C21H27N5O5S/c1-3-24-18-17(19(28)25(4-2)21(24)29)26(12-13-8-5-6-11-16(13)32(30)31)20(23-18)22-14-9-7-10-15(14)27/h5-6,8,11,14-15,27H,3-4,7,9-10,12H2,1-2H3,(H,22,23)(H,30,31)/p-1/t14-,15-/m1/s1. The van der Waals surface area contributed by atoms with Crippen LogP contribution in [-0.2, 0) is 30.7 Å². The van der Waals surface area contributed by atoms with Gasteiger partial charge in [0.2, 0.25) is 5.95 Å². The maximum Gasteiger partial charge on any atom is 0.332 e. The molecule has 1 aliphatic rings. The maximum absolute atomic E-state index is 13.3. The molecule has 0 amide bonds. The molecule has 2 aromatic heterocycles. The summed E-state index contributed by atoms with van der Waals surface area (Å²) in [7, 11) is 0. The number of imidazole rings is 1. The van der Waals surface area contributed by atoms with Crippen molar-refractivity contribution in [3.05, 3.63) is 50.7 Å². The lowest BCUT2D eigenvalue weighted by atomic mass is 10.2. The average Bonchev–Trinajstić information content (AvgIpc) is 3.33. The van der Waals surface area contributed by atoms with Gasteiger partial charge in [0.05, 0.1) is 18.7 Å². The van der Waals surface area contributed by atoms with Gasteiger partial charge in [0.25, 0.3) is 5.56 Å². The van der Waals surface area contributed by atoms with Gasteiger partial charge < -0.3 is 15.0 Å². The minimum Gasteiger partial charge on any atom is -0.768 e. The number of anilines is 1. The van der Waals surface area contributed by atoms with Crippen LogP contribution in [0, 0.1) is 0 Å². The molecule has 3 aromatic rings. The normalized spacial score (nSPS) is 19.5. The Balaban J connectivity index is 1.97. The Hall–Kier alpha value is -2.76. The molecule has 1 unspecified atom stereocenters. The van der Waals surface area contributed by atoms with E-state index in [1.165, 1.54) is 10.6 Å². The molecule has 3 atom stereocenters. The van der Waals surface area contributed by atoms with E-state index in [0.717, 1.165) is 17.4 Å². The first-order chi connectivity index (χ1) is 15.4. The van der Waals surface area contributed by atoms with Gasteiger partial charge >= 0.3 is 5.69 Å². The summed E-state index contributed by atoms with van der Waals surface area (Å²) in [4.78, 5) is 30.8. The van der Waals surface area contributed by atoms with E-state index in [2.05, 4.69) is 10.3 Å². The third kappa shape index (κ3) is 3.80. The van der Waals surface area contributed by atoms with E-state index in [0.29, 0.717) is 24.5 Å². The quantitative estimate of drug-likeness (QED) is 0.503. The van der Waals surface area contributed by atoms with Crippen LogP contribution in [0.1, 0.15) is 38.7 Å². The van der Waals surface area contributed by atoms with Crippen LogP contribution in [0.3, 0.4) is 0 Å². The molecule has 2 N–H and O–H groups in total. The second-order valence-electron chi connectivity index (χ2n) is 7.86. The van der Waals surface area contributed by atoms with Crippen molar-refractivity contribution >= 4 is 28.2 Å². The zero-order valence-electron chi connectivity index (χ0n) is 18.0. The van der Waals surface area contributed by atoms with E-state index in [9.17, 15) is 23.5 Å². The molecule has 2 heterocycles. The minimum atomic E-state index is -2.46. The number of nitrogens with zero attached hydrogens (tertiary/aromatic N) is 4. The van der Waals surface area contributed by atoms with Crippen LogP contribution >= 0.6 is 0 Å². The summed E-state index contributed by atoms with van der Waals surface area (Å²) in [6.07, 6.45) is 1.72. The van der Waals surface area contributed by atoms with Gasteiger partial charge in [-0.25, -0.2) is 4.79 Å². The van der Waals surface area contributed by atoms with Gasteiger partial charge in [0.1, 0.15) is 0 Å². The fraction of sp³-hybridized carbons (Fsp3) is 0.476. The number of nitrogens with one attached hydrogen (secondary N) is 1. The molecule has 1 aliphatic carbocycles. The third-order valence-corrected chi connectivity index (χ3v) is 6.78. The van der Waals surface area contributed by atoms with Gasteiger partial charge in [0.15, 0.2) is 11.2 Å². The summed E-state index contributed by atoms with van der Waals surface area (Å²) < 4.78 is 27.7. The Kier molecular flexibility index (Phi) is 6.31. The highest BCUT2D eigenvalue weighted by molar-refractivity contribution is 7.79. The lowest BCUT2D eigenvalue weighted by Gasteiger charge is -2.19. The molecule has 10 nitrogen and oxygen atoms in total.